The Morgan fingerprint density at radius 2 is 1.93 bits per heavy atom. The molecule has 4 rings (SSSR count). The second-order valence-corrected chi connectivity index (χ2v) is 6.12. The molecule has 1 aliphatic heterocycles. The van der Waals surface area contributed by atoms with Gasteiger partial charge in [-0.2, -0.15) is 0 Å². The SMILES string of the molecule is Cc1cc(N2C(=O)C(=O)/C(=C(/O)c3ccccc3)[C@H]2c2cccnc2)no1. The highest BCUT2D eigenvalue weighted by atomic mass is 16.5. The Morgan fingerprint density at radius 3 is 2.56 bits per heavy atom. The topological polar surface area (TPSA) is 96.5 Å². The van der Waals surface area contributed by atoms with Crippen LogP contribution in [0, 0.1) is 6.92 Å². The molecule has 1 fully saturated rings. The lowest BCUT2D eigenvalue weighted by molar-refractivity contribution is -0.132. The monoisotopic (exact) mass is 361 g/mol. The van der Waals surface area contributed by atoms with Gasteiger partial charge in [0.25, 0.3) is 5.78 Å². The maximum Gasteiger partial charge on any atom is 0.301 e. The van der Waals surface area contributed by atoms with Crippen LogP contribution in [0.4, 0.5) is 5.82 Å². The van der Waals surface area contributed by atoms with Crippen molar-refractivity contribution < 1.29 is 19.2 Å². The Kier molecular flexibility index (Phi) is 4.04. The first kappa shape index (κ1) is 16.7. The fourth-order valence-corrected chi connectivity index (χ4v) is 3.14. The molecular formula is C20H15N3O4. The number of nitrogens with zero attached hydrogens (tertiary/aromatic N) is 3. The van der Waals surface area contributed by atoms with Crippen LogP contribution < -0.4 is 4.90 Å². The van der Waals surface area contributed by atoms with Crippen LogP contribution in [0.15, 0.2) is 71.0 Å². The number of ketones is 1. The van der Waals surface area contributed by atoms with Gasteiger partial charge in [-0.05, 0) is 18.6 Å². The largest absolute Gasteiger partial charge is 0.507 e. The van der Waals surface area contributed by atoms with E-state index >= 15 is 0 Å². The zero-order valence-electron chi connectivity index (χ0n) is 14.4. The average molecular weight is 361 g/mol. The minimum atomic E-state index is -0.858. The van der Waals surface area contributed by atoms with Crippen molar-refractivity contribution in [3.05, 3.63) is 83.4 Å². The van der Waals surface area contributed by atoms with Crippen molar-refractivity contribution in [2.75, 3.05) is 4.90 Å². The highest BCUT2D eigenvalue weighted by Crippen LogP contribution is 2.41. The maximum absolute atomic E-state index is 12.8. The summed E-state index contributed by atoms with van der Waals surface area (Å²) in [5.74, 6) is -1.11. The number of anilines is 1. The summed E-state index contributed by atoms with van der Waals surface area (Å²) in [5, 5.41) is 14.7. The fourth-order valence-electron chi connectivity index (χ4n) is 3.14. The molecule has 7 nitrogen and oxygen atoms in total. The summed E-state index contributed by atoms with van der Waals surface area (Å²) in [6.07, 6.45) is 3.14. The molecule has 3 aromatic rings. The first-order valence-corrected chi connectivity index (χ1v) is 8.27. The Morgan fingerprint density at radius 1 is 1.15 bits per heavy atom. The third-order valence-corrected chi connectivity index (χ3v) is 4.35. The molecule has 0 bridgehead atoms. The molecule has 1 amide bonds. The van der Waals surface area contributed by atoms with E-state index in [0.29, 0.717) is 16.9 Å². The van der Waals surface area contributed by atoms with Gasteiger partial charge < -0.3 is 9.63 Å². The Labute approximate surface area is 154 Å². The van der Waals surface area contributed by atoms with Crippen molar-refractivity contribution in [1.29, 1.82) is 0 Å². The third-order valence-electron chi connectivity index (χ3n) is 4.35. The van der Waals surface area contributed by atoms with Crippen LogP contribution in [-0.4, -0.2) is 26.9 Å². The van der Waals surface area contributed by atoms with Gasteiger partial charge in [0.05, 0.1) is 11.6 Å². The predicted octanol–water partition coefficient (Wildman–Crippen LogP) is 3.00. The van der Waals surface area contributed by atoms with Gasteiger partial charge >= 0.3 is 5.91 Å². The number of pyridine rings is 1. The van der Waals surface area contributed by atoms with Crippen molar-refractivity contribution >= 4 is 23.3 Å². The molecule has 3 heterocycles. The fraction of sp³-hybridized carbons (Fsp3) is 0.100. The summed E-state index contributed by atoms with van der Waals surface area (Å²) < 4.78 is 5.08. The second kappa shape index (κ2) is 6.53. The number of amides is 1. The van der Waals surface area contributed by atoms with Crippen LogP contribution in [0.2, 0.25) is 0 Å². The smallest absolute Gasteiger partial charge is 0.301 e. The van der Waals surface area contributed by atoms with Crippen LogP contribution in [0.3, 0.4) is 0 Å². The number of aromatic nitrogens is 2. The normalized spacial score (nSPS) is 18.9. The molecule has 0 unspecified atom stereocenters. The predicted molar refractivity (Wildman–Crippen MR) is 96.7 cm³/mol. The summed E-state index contributed by atoms with van der Waals surface area (Å²) in [7, 11) is 0. The van der Waals surface area contributed by atoms with E-state index in [1.54, 1.807) is 67.8 Å². The number of rotatable bonds is 3. The number of carbonyl (C=O) groups is 2. The highest BCUT2D eigenvalue weighted by molar-refractivity contribution is 6.51. The van der Waals surface area contributed by atoms with Gasteiger partial charge in [-0.1, -0.05) is 41.6 Å². The van der Waals surface area contributed by atoms with Gasteiger partial charge in [-0.25, -0.2) is 0 Å². The lowest BCUT2D eigenvalue weighted by Crippen LogP contribution is -2.29. The van der Waals surface area contributed by atoms with E-state index in [4.69, 9.17) is 4.52 Å². The molecule has 1 atom stereocenters. The minimum Gasteiger partial charge on any atom is -0.507 e. The van der Waals surface area contributed by atoms with Crippen LogP contribution in [-0.2, 0) is 9.59 Å². The molecule has 27 heavy (non-hydrogen) atoms. The molecule has 1 N–H and O–H groups in total. The molecule has 1 saturated heterocycles. The lowest BCUT2D eigenvalue weighted by Gasteiger charge is -2.22. The molecule has 0 spiro atoms. The molecule has 1 aliphatic rings. The summed E-state index contributed by atoms with van der Waals surface area (Å²) in [6, 6.07) is 12.8. The molecule has 0 radical (unpaired) electrons. The number of aryl methyl sites for hydroxylation is 1. The molecule has 1 aromatic carbocycles. The molecule has 134 valence electrons. The summed E-state index contributed by atoms with van der Waals surface area (Å²) >= 11 is 0. The number of aliphatic hydroxyl groups excluding tert-OH is 1. The van der Waals surface area contributed by atoms with Crippen molar-refractivity contribution in [2.24, 2.45) is 0 Å². The lowest BCUT2D eigenvalue weighted by atomic mass is 9.96. The Balaban J connectivity index is 1.94. The highest BCUT2D eigenvalue weighted by Gasteiger charge is 2.48. The zero-order valence-corrected chi connectivity index (χ0v) is 14.4. The number of hydrogen-bond donors (Lipinski definition) is 1. The van der Waals surface area contributed by atoms with Gasteiger partial charge in [0.15, 0.2) is 5.82 Å². The number of aliphatic hydroxyl groups is 1. The van der Waals surface area contributed by atoms with Crippen LogP contribution in [0.25, 0.3) is 5.76 Å². The van der Waals surface area contributed by atoms with Gasteiger partial charge in [0.1, 0.15) is 11.5 Å². The van der Waals surface area contributed by atoms with E-state index in [-0.39, 0.29) is 17.2 Å². The first-order valence-electron chi connectivity index (χ1n) is 8.27. The Bertz CT molecular complexity index is 1040. The van der Waals surface area contributed by atoms with Crippen LogP contribution in [0.1, 0.15) is 22.9 Å². The number of carbonyl (C=O) groups excluding carboxylic acids is 2. The van der Waals surface area contributed by atoms with E-state index in [2.05, 4.69) is 10.1 Å². The number of hydrogen-bond acceptors (Lipinski definition) is 6. The van der Waals surface area contributed by atoms with Crippen molar-refractivity contribution in [2.45, 2.75) is 13.0 Å². The van der Waals surface area contributed by atoms with Gasteiger partial charge in [0.2, 0.25) is 0 Å². The summed E-state index contributed by atoms with van der Waals surface area (Å²) in [6.45, 7) is 1.69. The van der Waals surface area contributed by atoms with Gasteiger partial charge in [-0.3, -0.25) is 19.5 Å². The zero-order chi connectivity index (χ0) is 19.0. The van der Waals surface area contributed by atoms with Crippen molar-refractivity contribution in [3.8, 4) is 0 Å². The van der Waals surface area contributed by atoms with Gasteiger partial charge in [0, 0.05) is 24.0 Å². The molecule has 7 heteroatoms. The Hall–Kier alpha value is -3.74. The van der Waals surface area contributed by atoms with E-state index in [0.717, 1.165) is 0 Å². The van der Waals surface area contributed by atoms with Gasteiger partial charge in [-0.15, -0.1) is 0 Å². The second-order valence-electron chi connectivity index (χ2n) is 6.12. The summed E-state index contributed by atoms with van der Waals surface area (Å²) in [4.78, 5) is 30.9. The third kappa shape index (κ3) is 2.79. The number of Topliss-reactive ketones (excluding diaryl/α,β-unsaturated/α-hetero) is 1. The van der Waals surface area contributed by atoms with E-state index in [1.165, 1.54) is 4.90 Å². The minimum absolute atomic E-state index is 0.0140. The summed E-state index contributed by atoms with van der Waals surface area (Å²) in [5.41, 5.74) is 1.01. The molecular weight excluding hydrogens is 346 g/mol. The maximum atomic E-state index is 12.8. The standard InChI is InChI=1S/C20H15N3O4/c1-12-10-15(22-27-12)23-17(14-8-5-9-21-11-14)16(19(25)20(23)26)18(24)13-6-3-2-4-7-13/h2-11,17,24H,1H3/b18-16+/t17-/m1/s1. The molecule has 0 saturated carbocycles. The van der Waals surface area contributed by atoms with Crippen molar-refractivity contribution in [1.82, 2.24) is 10.1 Å². The quantitative estimate of drug-likeness (QED) is 0.438. The van der Waals surface area contributed by atoms with E-state index in [9.17, 15) is 14.7 Å². The first-order chi connectivity index (χ1) is 13.1. The van der Waals surface area contributed by atoms with Crippen LogP contribution >= 0.6 is 0 Å². The number of benzene rings is 1. The van der Waals surface area contributed by atoms with Crippen molar-refractivity contribution in [3.63, 3.8) is 0 Å². The average Bonchev–Trinajstić information content (AvgIpc) is 3.24. The van der Waals surface area contributed by atoms with E-state index in [1.807, 2.05) is 0 Å². The molecule has 2 aromatic heterocycles. The van der Waals surface area contributed by atoms with E-state index < -0.39 is 17.7 Å². The van der Waals surface area contributed by atoms with Crippen LogP contribution in [0.5, 0.6) is 0 Å². The molecule has 0 aliphatic carbocycles.